The van der Waals surface area contributed by atoms with Gasteiger partial charge in [0, 0.05) is 31.5 Å². The molecule has 5 nitrogen and oxygen atoms in total. The summed E-state index contributed by atoms with van der Waals surface area (Å²) in [5.74, 6) is 0.0334. The number of piperidine rings is 1. The molecule has 0 saturated carbocycles. The molecule has 1 aliphatic rings. The smallest absolute Gasteiger partial charge is 0.416 e. The number of likely N-dealkylation sites (tertiary alicyclic amines) is 1. The predicted molar refractivity (Wildman–Crippen MR) is 113 cm³/mol. The van der Waals surface area contributed by atoms with Crippen LogP contribution in [0.25, 0.3) is 0 Å². The van der Waals surface area contributed by atoms with Gasteiger partial charge in [0.05, 0.1) is 5.56 Å². The lowest BCUT2D eigenvalue weighted by atomic mass is 9.83. The summed E-state index contributed by atoms with van der Waals surface area (Å²) in [6.07, 6.45) is -2.98. The summed E-state index contributed by atoms with van der Waals surface area (Å²) in [4.78, 5) is 26.2. The summed E-state index contributed by atoms with van der Waals surface area (Å²) in [5, 5.41) is 2.87. The van der Waals surface area contributed by atoms with Gasteiger partial charge in [0.25, 0.3) is 0 Å². The van der Waals surface area contributed by atoms with Crippen LogP contribution in [0, 0.1) is 5.92 Å². The fourth-order valence-electron chi connectivity index (χ4n) is 3.52. The molecule has 0 aliphatic carbocycles. The first kappa shape index (κ1) is 25.0. The second-order valence-electron chi connectivity index (χ2n) is 9.85. The number of ether oxygens (including phenoxy) is 1. The molecule has 1 fully saturated rings. The number of carbonyl (C=O) groups is 2. The van der Waals surface area contributed by atoms with Gasteiger partial charge in [0.1, 0.15) is 5.60 Å². The van der Waals surface area contributed by atoms with Crippen LogP contribution in [0.5, 0.6) is 0 Å². The predicted octanol–water partition coefficient (Wildman–Crippen LogP) is 5.14. The molecule has 0 atom stereocenters. The van der Waals surface area contributed by atoms with E-state index in [0.717, 1.165) is 12.1 Å². The van der Waals surface area contributed by atoms with Gasteiger partial charge in [-0.25, -0.2) is 4.79 Å². The summed E-state index contributed by atoms with van der Waals surface area (Å²) in [5.41, 5.74) is -1.36. The van der Waals surface area contributed by atoms with Gasteiger partial charge in [-0.15, -0.1) is 0 Å². The van der Waals surface area contributed by atoms with E-state index in [0.29, 0.717) is 37.9 Å². The SMILES string of the molecule is CC(C)(C)OC(=O)N1CCC(CC(=O)NCC(C)(C)c2cccc(C(F)(F)F)c2)CC1. The Hall–Kier alpha value is -2.25. The zero-order valence-electron chi connectivity index (χ0n) is 18.9. The van der Waals surface area contributed by atoms with E-state index in [4.69, 9.17) is 4.74 Å². The fraction of sp³-hybridized carbons (Fsp3) is 0.652. The van der Waals surface area contributed by atoms with Crippen LogP contribution in [0.4, 0.5) is 18.0 Å². The zero-order chi connectivity index (χ0) is 23.4. The summed E-state index contributed by atoms with van der Waals surface area (Å²) in [6, 6.07) is 5.22. The van der Waals surface area contributed by atoms with Crippen LogP contribution < -0.4 is 5.32 Å². The third-order valence-electron chi connectivity index (χ3n) is 5.44. The van der Waals surface area contributed by atoms with Gasteiger partial charge in [-0.05, 0) is 51.2 Å². The average Bonchev–Trinajstić information content (AvgIpc) is 2.65. The second kappa shape index (κ2) is 9.49. The first-order valence-corrected chi connectivity index (χ1v) is 10.6. The maximum Gasteiger partial charge on any atom is 0.416 e. The van der Waals surface area contributed by atoms with Crippen molar-refractivity contribution in [2.24, 2.45) is 5.92 Å². The van der Waals surface area contributed by atoms with Crippen LogP contribution in [-0.4, -0.2) is 42.1 Å². The molecule has 0 bridgehead atoms. The lowest BCUT2D eigenvalue weighted by Crippen LogP contribution is -2.43. The summed E-state index contributed by atoms with van der Waals surface area (Å²) >= 11 is 0. The molecular formula is C23H33F3N2O3. The molecular weight excluding hydrogens is 409 g/mol. The second-order valence-corrected chi connectivity index (χ2v) is 9.85. The summed E-state index contributed by atoms with van der Waals surface area (Å²) in [6.45, 7) is 10.4. The Labute approximate surface area is 182 Å². The van der Waals surface area contributed by atoms with E-state index in [1.54, 1.807) is 11.0 Å². The van der Waals surface area contributed by atoms with Crippen LogP contribution in [0.3, 0.4) is 0 Å². The lowest BCUT2D eigenvalue weighted by Gasteiger charge is -2.33. The molecule has 8 heteroatoms. The van der Waals surface area contributed by atoms with Gasteiger partial charge in [-0.1, -0.05) is 32.0 Å². The van der Waals surface area contributed by atoms with Crippen molar-refractivity contribution in [1.29, 1.82) is 0 Å². The minimum atomic E-state index is -4.40. The first-order chi connectivity index (χ1) is 14.2. The highest BCUT2D eigenvalue weighted by Gasteiger charge is 2.32. The molecule has 1 saturated heterocycles. The third kappa shape index (κ3) is 7.74. The molecule has 2 amide bonds. The van der Waals surface area contributed by atoms with Crippen LogP contribution in [0.15, 0.2) is 24.3 Å². The molecule has 31 heavy (non-hydrogen) atoms. The number of carbonyl (C=O) groups excluding carboxylic acids is 2. The number of nitrogens with one attached hydrogen (secondary N) is 1. The Balaban J connectivity index is 1.83. The Kier molecular flexibility index (Phi) is 7.66. The van der Waals surface area contributed by atoms with E-state index in [9.17, 15) is 22.8 Å². The number of benzene rings is 1. The number of hydrogen-bond acceptors (Lipinski definition) is 3. The number of halogens is 3. The summed E-state index contributed by atoms with van der Waals surface area (Å²) < 4.78 is 44.3. The van der Waals surface area contributed by atoms with Crippen molar-refractivity contribution in [3.8, 4) is 0 Å². The van der Waals surface area contributed by atoms with Gasteiger partial charge in [0.15, 0.2) is 0 Å². The first-order valence-electron chi connectivity index (χ1n) is 10.6. The fourth-order valence-corrected chi connectivity index (χ4v) is 3.52. The largest absolute Gasteiger partial charge is 0.444 e. The lowest BCUT2D eigenvalue weighted by molar-refractivity contribution is -0.137. The topological polar surface area (TPSA) is 58.6 Å². The van der Waals surface area contributed by atoms with E-state index in [1.165, 1.54) is 6.07 Å². The Morgan fingerprint density at radius 1 is 1.06 bits per heavy atom. The molecule has 1 N–H and O–H groups in total. The average molecular weight is 443 g/mol. The summed E-state index contributed by atoms with van der Waals surface area (Å²) in [7, 11) is 0. The van der Waals surface area contributed by atoms with Gasteiger partial charge in [0.2, 0.25) is 5.91 Å². The molecule has 0 unspecified atom stereocenters. The van der Waals surface area contributed by atoms with Gasteiger partial charge in [-0.3, -0.25) is 4.79 Å². The number of rotatable bonds is 5. The van der Waals surface area contributed by atoms with Crippen molar-refractivity contribution in [2.45, 2.75) is 71.1 Å². The molecule has 1 heterocycles. The Morgan fingerprint density at radius 2 is 1.65 bits per heavy atom. The zero-order valence-corrected chi connectivity index (χ0v) is 18.9. The molecule has 0 radical (unpaired) electrons. The minimum absolute atomic E-state index is 0.129. The van der Waals surface area contributed by atoms with Gasteiger partial charge >= 0.3 is 12.3 Å². The monoisotopic (exact) mass is 442 g/mol. The maximum absolute atomic E-state index is 13.0. The van der Waals surface area contributed by atoms with Crippen LogP contribution in [-0.2, 0) is 21.1 Å². The van der Waals surface area contributed by atoms with Crippen molar-refractivity contribution in [3.05, 3.63) is 35.4 Å². The normalized spacial score (nSPS) is 16.2. The molecule has 0 spiro atoms. The quantitative estimate of drug-likeness (QED) is 0.687. The van der Waals surface area contributed by atoms with E-state index < -0.39 is 22.8 Å². The van der Waals surface area contributed by atoms with Crippen molar-refractivity contribution < 1.29 is 27.5 Å². The number of amides is 2. The minimum Gasteiger partial charge on any atom is -0.444 e. The number of alkyl halides is 3. The van der Waals surface area contributed by atoms with Crippen LogP contribution in [0.1, 0.15) is 65.0 Å². The van der Waals surface area contributed by atoms with Crippen LogP contribution >= 0.6 is 0 Å². The van der Waals surface area contributed by atoms with Crippen molar-refractivity contribution in [2.75, 3.05) is 19.6 Å². The van der Waals surface area contributed by atoms with E-state index in [2.05, 4.69) is 5.32 Å². The van der Waals surface area contributed by atoms with E-state index in [-0.39, 0.29) is 24.5 Å². The maximum atomic E-state index is 13.0. The third-order valence-corrected chi connectivity index (χ3v) is 5.44. The highest BCUT2D eigenvalue weighted by atomic mass is 19.4. The molecule has 2 rings (SSSR count). The standard InChI is InChI=1S/C23H33F3N2O3/c1-21(2,3)31-20(30)28-11-9-16(10-12-28)13-19(29)27-15-22(4,5)17-7-6-8-18(14-17)23(24,25)26/h6-8,14,16H,9-13,15H2,1-5H3,(H,27,29). The molecule has 1 aromatic rings. The van der Waals surface area contributed by atoms with Gasteiger partial charge in [-0.2, -0.15) is 13.2 Å². The molecule has 1 aliphatic heterocycles. The highest BCUT2D eigenvalue weighted by Crippen LogP contribution is 2.32. The van der Waals surface area contributed by atoms with Crippen molar-refractivity contribution in [1.82, 2.24) is 10.2 Å². The Bertz CT molecular complexity index is 777. The van der Waals surface area contributed by atoms with Crippen LogP contribution in [0.2, 0.25) is 0 Å². The van der Waals surface area contributed by atoms with Crippen molar-refractivity contribution >= 4 is 12.0 Å². The molecule has 0 aromatic heterocycles. The Morgan fingerprint density at radius 3 is 2.19 bits per heavy atom. The number of hydrogen-bond donors (Lipinski definition) is 1. The van der Waals surface area contributed by atoms with Crippen molar-refractivity contribution in [3.63, 3.8) is 0 Å². The molecule has 1 aromatic carbocycles. The van der Waals surface area contributed by atoms with E-state index >= 15 is 0 Å². The van der Waals surface area contributed by atoms with E-state index in [1.807, 2.05) is 34.6 Å². The van der Waals surface area contributed by atoms with Gasteiger partial charge < -0.3 is 15.0 Å². The highest BCUT2D eigenvalue weighted by molar-refractivity contribution is 5.76. The number of nitrogens with zero attached hydrogens (tertiary/aromatic N) is 1. The molecule has 174 valence electrons.